The third-order valence-electron chi connectivity index (χ3n) is 4.61. The largest absolute Gasteiger partial charge is 0.436 e. The summed E-state index contributed by atoms with van der Waals surface area (Å²) in [5, 5.41) is 0.587. The van der Waals surface area contributed by atoms with Gasteiger partial charge in [-0.2, -0.15) is 0 Å². The van der Waals surface area contributed by atoms with Crippen LogP contribution in [-0.4, -0.2) is 10.9 Å². The van der Waals surface area contributed by atoms with Crippen molar-refractivity contribution in [3.63, 3.8) is 0 Å². The lowest BCUT2D eigenvalue weighted by molar-refractivity contribution is 0.0996. The Hall–Kier alpha value is -3.11. The standard InChI is InChI=1S/C21H13ClN2O2/c22-17-8-4-3-7-16(17)20-23-18-11-14(9-10-19(18)26-20)24-12-13-5-1-2-6-15(13)21(24)25/h1-11H,12H2. The molecule has 1 aromatic heterocycles. The van der Waals surface area contributed by atoms with E-state index in [1.54, 1.807) is 11.0 Å². The molecule has 1 aliphatic rings. The summed E-state index contributed by atoms with van der Waals surface area (Å²) in [5.74, 6) is 0.480. The van der Waals surface area contributed by atoms with Gasteiger partial charge in [0.25, 0.3) is 5.91 Å². The number of rotatable bonds is 2. The Balaban J connectivity index is 1.56. The average molecular weight is 361 g/mol. The van der Waals surface area contributed by atoms with Crippen LogP contribution in [0.1, 0.15) is 15.9 Å². The molecule has 4 aromatic rings. The average Bonchev–Trinajstić information content (AvgIpc) is 3.23. The highest BCUT2D eigenvalue weighted by molar-refractivity contribution is 6.33. The van der Waals surface area contributed by atoms with Crippen molar-refractivity contribution in [2.75, 3.05) is 4.90 Å². The molecule has 0 unspecified atom stereocenters. The van der Waals surface area contributed by atoms with E-state index in [2.05, 4.69) is 4.98 Å². The number of carbonyl (C=O) groups is 1. The van der Waals surface area contributed by atoms with E-state index in [9.17, 15) is 4.79 Å². The van der Waals surface area contributed by atoms with Crippen LogP contribution in [0.25, 0.3) is 22.6 Å². The van der Waals surface area contributed by atoms with Gasteiger partial charge in [0.2, 0.25) is 5.89 Å². The molecule has 2 heterocycles. The zero-order valence-electron chi connectivity index (χ0n) is 13.6. The van der Waals surface area contributed by atoms with Gasteiger partial charge in [0.1, 0.15) is 5.52 Å². The number of fused-ring (bicyclic) bond motifs is 2. The van der Waals surface area contributed by atoms with Crippen LogP contribution < -0.4 is 4.90 Å². The molecule has 26 heavy (non-hydrogen) atoms. The lowest BCUT2D eigenvalue weighted by Crippen LogP contribution is -2.22. The first-order valence-corrected chi connectivity index (χ1v) is 8.64. The first-order valence-electron chi connectivity index (χ1n) is 8.26. The van der Waals surface area contributed by atoms with Crippen molar-refractivity contribution in [3.05, 3.63) is 82.9 Å². The van der Waals surface area contributed by atoms with Gasteiger partial charge in [0.15, 0.2) is 5.58 Å². The van der Waals surface area contributed by atoms with Gasteiger partial charge < -0.3 is 9.32 Å². The summed E-state index contributed by atoms with van der Waals surface area (Å²) in [6.45, 7) is 0.565. The van der Waals surface area contributed by atoms with Crippen molar-refractivity contribution < 1.29 is 9.21 Å². The zero-order valence-corrected chi connectivity index (χ0v) is 14.4. The number of anilines is 1. The highest BCUT2D eigenvalue weighted by atomic mass is 35.5. The summed E-state index contributed by atoms with van der Waals surface area (Å²) in [5.41, 5.74) is 4.70. The van der Waals surface area contributed by atoms with E-state index in [4.69, 9.17) is 16.0 Å². The Morgan fingerprint density at radius 3 is 2.54 bits per heavy atom. The molecule has 0 N–H and O–H groups in total. The summed E-state index contributed by atoms with van der Waals surface area (Å²) in [6.07, 6.45) is 0. The monoisotopic (exact) mass is 360 g/mol. The second-order valence-corrected chi connectivity index (χ2v) is 6.61. The van der Waals surface area contributed by atoms with Crippen LogP contribution in [0.2, 0.25) is 5.02 Å². The van der Waals surface area contributed by atoms with Gasteiger partial charge in [-0.25, -0.2) is 4.98 Å². The van der Waals surface area contributed by atoms with E-state index in [-0.39, 0.29) is 5.91 Å². The van der Waals surface area contributed by atoms with Crippen molar-refractivity contribution in [1.82, 2.24) is 4.98 Å². The van der Waals surface area contributed by atoms with Gasteiger partial charge in [-0.05, 0) is 42.0 Å². The van der Waals surface area contributed by atoms with Gasteiger partial charge in [0, 0.05) is 11.3 Å². The highest BCUT2D eigenvalue weighted by Gasteiger charge is 2.28. The molecule has 0 aliphatic carbocycles. The van der Waals surface area contributed by atoms with E-state index < -0.39 is 0 Å². The van der Waals surface area contributed by atoms with E-state index in [1.807, 2.05) is 60.7 Å². The molecule has 0 saturated heterocycles. The number of hydrogen-bond donors (Lipinski definition) is 0. The van der Waals surface area contributed by atoms with Crippen molar-refractivity contribution in [2.45, 2.75) is 6.54 Å². The van der Waals surface area contributed by atoms with E-state index in [1.165, 1.54) is 0 Å². The number of carbonyl (C=O) groups excluding carboxylic acids is 1. The summed E-state index contributed by atoms with van der Waals surface area (Å²) in [6, 6.07) is 20.7. The lowest BCUT2D eigenvalue weighted by Gasteiger charge is -2.15. The molecule has 5 rings (SSSR count). The van der Waals surface area contributed by atoms with Crippen molar-refractivity contribution in [2.24, 2.45) is 0 Å². The lowest BCUT2D eigenvalue weighted by atomic mass is 10.1. The molecule has 126 valence electrons. The summed E-state index contributed by atoms with van der Waals surface area (Å²) in [7, 11) is 0. The Labute approximate surface area is 154 Å². The molecular weight excluding hydrogens is 348 g/mol. The van der Waals surface area contributed by atoms with Crippen molar-refractivity contribution >= 4 is 34.3 Å². The van der Waals surface area contributed by atoms with Crippen molar-refractivity contribution in [1.29, 1.82) is 0 Å². The van der Waals surface area contributed by atoms with Crippen LogP contribution >= 0.6 is 11.6 Å². The van der Waals surface area contributed by atoms with Crippen LogP contribution in [0.15, 0.2) is 71.1 Å². The molecule has 0 saturated carbocycles. The minimum Gasteiger partial charge on any atom is -0.436 e. The van der Waals surface area contributed by atoms with E-state index >= 15 is 0 Å². The molecule has 0 bridgehead atoms. The third kappa shape index (κ3) is 2.30. The normalized spacial score (nSPS) is 13.4. The first kappa shape index (κ1) is 15.2. The number of nitrogens with zero attached hydrogens (tertiary/aromatic N) is 2. The number of benzene rings is 3. The molecule has 0 fully saturated rings. The Morgan fingerprint density at radius 2 is 1.73 bits per heavy atom. The summed E-state index contributed by atoms with van der Waals surface area (Å²) in [4.78, 5) is 19.0. The van der Waals surface area contributed by atoms with Gasteiger partial charge >= 0.3 is 0 Å². The van der Waals surface area contributed by atoms with Gasteiger partial charge in [0.05, 0.1) is 17.1 Å². The van der Waals surface area contributed by atoms with E-state index in [0.29, 0.717) is 28.6 Å². The number of aromatic nitrogens is 1. The Kier molecular flexibility index (Phi) is 3.33. The minimum atomic E-state index is 0.00905. The number of hydrogen-bond acceptors (Lipinski definition) is 3. The molecule has 0 radical (unpaired) electrons. The number of oxazole rings is 1. The quantitative estimate of drug-likeness (QED) is 0.486. The number of amides is 1. The predicted octanol–water partition coefficient (Wildman–Crippen LogP) is 5.31. The fraction of sp³-hybridized carbons (Fsp3) is 0.0476. The third-order valence-corrected chi connectivity index (χ3v) is 4.94. The molecule has 5 heteroatoms. The Morgan fingerprint density at radius 1 is 0.962 bits per heavy atom. The summed E-state index contributed by atoms with van der Waals surface area (Å²) < 4.78 is 5.84. The Bertz CT molecular complexity index is 1170. The first-order chi connectivity index (χ1) is 12.7. The molecule has 0 atom stereocenters. The highest BCUT2D eigenvalue weighted by Crippen LogP contribution is 2.33. The fourth-order valence-corrected chi connectivity index (χ4v) is 3.51. The SMILES string of the molecule is O=C1c2ccccc2CN1c1ccc2oc(-c3ccccc3Cl)nc2c1. The maximum Gasteiger partial charge on any atom is 0.258 e. The predicted molar refractivity (Wildman–Crippen MR) is 101 cm³/mol. The second-order valence-electron chi connectivity index (χ2n) is 6.20. The van der Waals surface area contributed by atoms with Crippen LogP contribution in [0.5, 0.6) is 0 Å². The smallest absolute Gasteiger partial charge is 0.258 e. The molecule has 1 amide bonds. The van der Waals surface area contributed by atoms with Crippen LogP contribution in [0, 0.1) is 0 Å². The number of halogens is 1. The fourth-order valence-electron chi connectivity index (χ4n) is 3.30. The van der Waals surface area contributed by atoms with E-state index in [0.717, 1.165) is 22.4 Å². The van der Waals surface area contributed by atoms with Crippen LogP contribution in [0.3, 0.4) is 0 Å². The topological polar surface area (TPSA) is 46.3 Å². The zero-order chi connectivity index (χ0) is 17.7. The molecule has 4 nitrogen and oxygen atoms in total. The van der Waals surface area contributed by atoms with Crippen LogP contribution in [0.4, 0.5) is 5.69 Å². The van der Waals surface area contributed by atoms with Gasteiger partial charge in [-0.1, -0.05) is 41.9 Å². The van der Waals surface area contributed by atoms with Gasteiger partial charge in [-0.15, -0.1) is 0 Å². The molecule has 1 aliphatic heterocycles. The second kappa shape index (κ2) is 5.71. The maximum atomic E-state index is 12.7. The molecule has 3 aromatic carbocycles. The van der Waals surface area contributed by atoms with Crippen LogP contribution in [-0.2, 0) is 6.54 Å². The maximum absolute atomic E-state index is 12.7. The van der Waals surface area contributed by atoms with Crippen molar-refractivity contribution in [3.8, 4) is 11.5 Å². The minimum absolute atomic E-state index is 0.00905. The molecule has 0 spiro atoms. The molecular formula is C21H13ClN2O2. The summed E-state index contributed by atoms with van der Waals surface area (Å²) >= 11 is 6.24. The van der Waals surface area contributed by atoms with Gasteiger partial charge in [-0.3, -0.25) is 4.79 Å².